The molecule has 0 saturated carbocycles. The molecular formula is C13H12F3NO3. The second-order valence-corrected chi connectivity index (χ2v) is 4.56. The van der Waals surface area contributed by atoms with Crippen LogP contribution in [0.15, 0.2) is 18.2 Å². The summed E-state index contributed by atoms with van der Waals surface area (Å²) in [5.74, 6) is -1.67. The van der Waals surface area contributed by atoms with Gasteiger partial charge >= 0.3 is 12.1 Å². The van der Waals surface area contributed by atoms with E-state index in [0.29, 0.717) is 17.7 Å². The predicted octanol–water partition coefficient (Wildman–Crippen LogP) is 2.62. The van der Waals surface area contributed by atoms with Gasteiger partial charge < -0.3 is 10.0 Å². The van der Waals surface area contributed by atoms with Crippen LogP contribution in [0.1, 0.15) is 28.8 Å². The summed E-state index contributed by atoms with van der Waals surface area (Å²) in [7, 11) is 0. The van der Waals surface area contributed by atoms with Gasteiger partial charge in [-0.25, -0.2) is 4.79 Å². The summed E-state index contributed by atoms with van der Waals surface area (Å²) in [6.07, 6.45) is -5.64. The first-order valence-corrected chi connectivity index (χ1v) is 6.01. The number of halogens is 3. The molecule has 7 heteroatoms. The fourth-order valence-corrected chi connectivity index (χ4v) is 2.18. The highest BCUT2D eigenvalue weighted by Gasteiger charge is 2.31. The lowest BCUT2D eigenvalue weighted by atomic mass is 10.1. The number of carbonyl (C=O) groups excluding carboxylic acids is 1. The standard InChI is InChI=1S/C13H12F3NO3/c14-13(15,16)5-3-11(18)17-6-4-8-7-9(12(19)20)1-2-10(8)17/h1-2,7H,3-6H2,(H,19,20). The summed E-state index contributed by atoms with van der Waals surface area (Å²) in [5, 5.41) is 8.86. The molecule has 0 unspecified atom stereocenters. The Morgan fingerprint density at radius 2 is 2.00 bits per heavy atom. The van der Waals surface area contributed by atoms with E-state index in [4.69, 9.17) is 5.11 Å². The zero-order valence-corrected chi connectivity index (χ0v) is 10.4. The minimum Gasteiger partial charge on any atom is -0.478 e. The highest BCUT2D eigenvalue weighted by atomic mass is 19.4. The molecule has 0 spiro atoms. The Kier molecular flexibility index (Phi) is 3.69. The summed E-state index contributed by atoms with van der Waals surface area (Å²) in [6.45, 7) is 0.287. The van der Waals surface area contributed by atoms with Crippen LogP contribution in [-0.2, 0) is 11.2 Å². The fourth-order valence-electron chi connectivity index (χ4n) is 2.18. The van der Waals surface area contributed by atoms with E-state index in [9.17, 15) is 22.8 Å². The highest BCUT2D eigenvalue weighted by molar-refractivity contribution is 5.96. The second kappa shape index (κ2) is 5.15. The predicted molar refractivity (Wildman–Crippen MR) is 64.7 cm³/mol. The van der Waals surface area contributed by atoms with Gasteiger partial charge in [-0.3, -0.25) is 4.79 Å². The minimum absolute atomic E-state index is 0.105. The Morgan fingerprint density at radius 3 is 2.60 bits per heavy atom. The molecule has 0 saturated heterocycles. The average molecular weight is 287 g/mol. The van der Waals surface area contributed by atoms with Gasteiger partial charge in [-0.15, -0.1) is 0 Å². The largest absolute Gasteiger partial charge is 0.478 e. The van der Waals surface area contributed by atoms with Crippen LogP contribution in [0.4, 0.5) is 18.9 Å². The van der Waals surface area contributed by atoms with Crippen molar-refractivity contribution >= 4 is 17.6 Å². The number of hydrogen-bond donors (Lipinski definition) is 1. The van der Waals surface area contributed by atoms with E-state index < -0.39 is 30.9 Å². The van der Waals surface area contributed by atoms with Crippen LogP contribution in [0, 0.1) is 0 Å². The van der Waals surface area contributed by atoms with Crippen molar-refractivity contribution in [2.24, 2.45) is 0 Å². The van der Waals surface area contributed by atoms with E-state index in [2.05, 4.69) is 0 Å². The number of fused-ring (bicyclic) bond motifs is 1. The van der Waals surface area contributed by atoms with Gasteiger partial charge in [0.25, 0.3) is 0 Å². The number of nitrogens with zero attached hydrogens (tertiary/aromatic N) is 1. The molecule has 1 aromatic carbocycles. The van der Waals surface area contributed by atoms with Crippen LogP contribution in [-0.4, -0.2) is 29.7 Å². The molecule has 1 aromatic rings. The topological polar surface area (TPSA) is 57.6 Å². The number of aromatic carboxylic acids is 1. The van der Waals surface area contributed by atoms with Gasteiger partial charge in [0.05, 0.1) is 12.0 Å². The molecular weight excluding hydrogens is 275 g/mol. The Bertz CT molecular complexity index is 554. The van der Waals surface area contributed by atoms with Gasteiger partial charge in [0.2, 0.25) is 5.91 Å². The van der Waals surface area contributed by atoms with Gasteiger partial charge in [0, 0.05) is 18.7 Å². The molecule has 20 heavy (non-hydrogen) atoms. The van der Waals surface area contributed by atoms with Crippen molar-refractivity contribution in [1.29, 1.82) is 0 Å². The molecule has 0 aliphatic carbocycles. The van der Waals surface area contributed by atoms with E-state index in [1.54, 1.807) is 0 Å². The van der Waals surface area contributed by atoms with Crippen molar-refractivity contribution in [1.82, 2.24) is 0 Å². The van der Waals surface area contributed by atoms with Crippen molar-refractivity contribution in [3.05, 3.63) is 29.3 Å². The minimum atomic E-state index is -4.36. The molecule has 2 rings (SSSR count). The third-order valence-corrected chi connectivity index (χ3v) is 3.15. The first kappa shape index (κ1) is 14.4. The van der Waals surface area contributed by atoms with E-state index in [1.165, 1.54) is 23.1 Å². The van der Waals surface area contributed by atoms with E-state index in [-0.39, 0.29) is 12.1 Å². The maximum atomic E-state index is 12.1. The second-order valence-electron chi connectivity index (χ2n) is 4.56. The van der Waals surface area contributed by atoms with Gasteiger partial charge in [-0.05, 0) is 30.2 Å². The van der Waals surface area contributed by atoms with Gasteiger partial charge in [-0.2, -0.15) is 13.2 Å². The van der Waals surface area contributed by atoms with E-state index >= 15 is 0 Å². The first-order chi connectivity index (χ1) is 9.28. The van der Waals surface area contributed by atoms with Gasteiger partial charge in [0.15, 0.2) is 0 Å². The van der Waals surface area contributed by atoms with Gasteiger partial charge in [-0.1, -0.05) is 0 Å². The van der Waals surface area contributed by atoms with Crippen molar-refractivity contribution < 1.29 is 27.9 Å². The molecule has 108 valence electrons. The van der Waals surface area contributed by atoms with Crippen LogP contribution in [0.25, 0.3) is 0 Å². The average Bonchev–Trinajstić information content (AvgIpc) is 2.77. The van der Waals surface area contributed by atoms with Crippen LogP contribution in [0.3, 0.4) is 0 Å². The molecule has 0 fully saturated rings. The number of anilines is 1. The molecule has 1 heterocycles. The maximum Gasteiger partial charge on any atom is 0.389 e. The highest BCUT2D eigenvalue weighted by Crippen LogP contribution is 2.30. The smallest absolute Gasteiger partial charge is 0.389 e. The lowest BCUT2D eigenvalue weighted by molar-refractivity contribution is -0.143. The summed E-state index contributed by atoms with van der Waals surface area (Å²) in [4.78, 5) is 23.9. The molecule has 1 aliphatic heterocycles. The normalized spacial score (nSPS) is 14.2. The van der Waals surface area contributed by atoms with Crippen LogP contribution < -0.4 is 4.90 Å². The monoisotopic (exact) mass is 287 g/mol. The van der Waals surface area contributed by atoms with E-state index in [0.717, 1.165) is 0 Å². The Balaban J connectivity index is 2.12. The molecule has 0 atom stereocenters. The molecule has 1 aliphatic rings. The lowest BCUT2D eigenvalue weighted by Crippen LogP contribution is -2.29. The van der Waals surface area contributed by atoms with Crippen molar-refractivity contribution in [3.8, 4) is 0 Å². The third-order valence-electron chi connectivity index (χ3n) is 3.15. The number of alkyl halides is 3. The number of carboxylic acids is 1. The van der Waals surface area contributed by atoms with Crippen molar-refractivity contribution in [3.63, 3.8) is 0 Å². The third kappa shape index (κ3) is 3.09. The van der Waals surface area contributed by atoms with Gasteiger partial charge in [0.1, 0.15) is 0 Å². The summed E-state index contributed by atoms with van der Waals surface area (Å²) in [6, 6.07) is 4.27. The molecule has 1 amide bonds. The number of benzene rings is 1. The van der Waals surface area contributed by atoms with Crippen molar-refractivity contribution in [2.45, 2.75) is 25.4 Å². The number of hydrogen-bond acceptors (Lipinski definition) is 2. The van der Waals surface area contributed by atoms with Crippen molar-refractivity contribution in [2.75, 3.05) is 11.4 Å². The molecule has 1 N–H and O–H groups in total. The van der Waals surface area contributed by atoms with Crippen LogP contribution >= 0.6 is 0 Å². The maximum absolute atomic E-state index is 12.1. The molecule has 0 aromatic heterocycles. The molecule has 0 bridgehead atoms. The Morgan fingerprint density at radius 1 is 1.30 bits per heavy atom. The Hall–Kier alpha value is -2.05. The number of carbonyl (C=O) groups is 2. The van der Waals surface area contributed by atoms with Crippen LogP contribution in [0.5, 0.6) is 0 Å². The summed E-state index contributed by atoms with van der Waals surface area (Å²) < 4.78 is 36.3. The zero-order chi connectivity index (χ0) is 14.9. The van der Waals surface area contributed by atoms with E-state index in [1.807, 2.05) is 0 Å². The number of carboxylic acid groups (broad SMARTS) is 1. The first-order valence-electron chi connectivity index (χ1n) is 6.01. The molecule has 4 nitrogen and oxygen atoms in total. The number of rotatable bonds is 3. The summed E-state index contributed by atoms with van der Waals surface area (Å²) in [5.41, 5.74) is 1.28. The molecule has 0 radical (unpaired) electrons. The lowest BCUT2D eigenvalue weighted by Gasteiger charge is -2.18. The summed E-state index contributed by atoms with van der Waals surface area (Å²) >= 11 is 0. The van der Waals surface area contributed by atoms with Crippen LogP contribution in [0.2, 0.25) is 0 Å². The number of amides is 1. The zero-order valence-electron chi connectivity index (χ0n) is 10.4. The SMILES string of the molecule is O=C(O)c1ccc2c(c1)CCN2C(=O)CCC(F)(F)F. The Labute approximate surface area is 112 Å². The quantitative estimate of drug-likeness (QED) is 0.929. The fraction of sp³-hybridized carbons (Fsp3) is 0.385.